The minimum Gasteiger partial charge on any atom is -0.394 e. The number of aliphatic hydroxyl groups is 1. The average Bonchev–Trinajstić information content (AvgIpc) is 2.46. The van der Waals surface area contributed by atoms with Gasteiger partial charge in [0.25, 0.3) is 0 Å². The molecule has 0 bridgehead atoms. The van der Waals surface area contributed by atoms with Crippen LogP contribution in [0.25, 0.3) is 0 Å². The fraction of sp³-hybridized carbons (Fsp3) is 1.00. The van der Waals surface area contributed by atoms with Crippen LogP contribution < -0.4 is 0 Å². The summed E-state index contributed by atoms with van der Waals surface area (Å²) in [7, 11) is 0. The largest absolute Gasteiger partial charge is 0.394 e. The molecule has 2 aliphatic rings. The Hall–Kier alpha value is -0.120. The van der Waals surface area contributed by atoms with Gasteiger partial charge in [-0.2, -0.15) is 0 Å². The summed E-state index contributed by atoms with van der Waals surface area (Å²) in [6.45, 7) is 5.37. The van der Waals surface area contributed by atoms with Crippen molar-refractivity contribution in [3.05, 3.63) is 0 Å². The van der Waals surface area contributed by atoms with Crippen molar-refractivity contribution in [2.24, 2.45) is 5.92 Å². The normalized spacial score (nSPS) is 31.7. The van der Waals surface area contributed by atoms with Gasteiger partial charge in [-0.1, -0.05) is 13.3 Å². The van der Waals surface area contributed by atoms with Gasteiger partial charge >= 0.3 is 0 Å². The number of aliphatic hydroxyl groups excluding tert-OH is 1. The number of hydrogen-bond donors (Lipinski definition) is 1. The van der Waals surface area contributed by atoms with Crippen LogP contribution in [0.3, 0.4) is 0 Å². The molecule has 0 aromatic carbocycles. The molecule has 3 nitrogen and oxygen atoms in total. The summed E-state index contributed by atoms with van der Waals surface area (Å²) in [5.74, 6) is 0.992. The van der Waals surface area contributed by atoms with Gasteiger partial charge in [0.2, 0.25) is 0 Å². The van der Waals surface area contributed by atoms with Crippen LogP contribution >= 0.6 is 0 Å². The third kappa shape index (κ3) is 3.94. The predicted molar refractivity (Wildman–Crippen MR) is 73.7 cm³/mol. The highest BCUT2D eigenvalue weighted by molar-refractivity contribution is 4.83. The van der Waals surface area contributed by atoms with Crippen molar-refractivity contribution in [1.82, 2.24) is 4.90 Å². The third-order valence-electron chi connectivity index (χ3n) is 4.83. The number of likely N-dealkylation sites (tertiary alicyclic amines) is 1. The molecule has 0 amide bonds. The third-order valence-corrected chi connectivity index (χ3v) is 4.83. The Kier molecular flexibility index (Phi) is 5.93. The molecule has 0 unspecified atom stereocenters. The van der Waals surface area contributed by atoms with Gasteiger partial charge in [-0.15, -0.1) is 0 Å². The molecule has 1 aliphatic carbocycles. The van der Waals surface area contributed by atoms with Gasteiger partial charge in [0.05, 0.1) is 19.3 Å². The number of ether oxygens (including phenoxy) is 1. The highest BCUT2D eigenvalue weighted by Crippen LogP contribution is 2.31. The van der Waals surface area contributed by atoms with E-state index in [1.807, 2.05) is 0 Å². The van der Waals surface area contributed by atoms with Gasteiger partial charge in [-0.05, 0) is 44.4 Å². The van der Waals surface area contributed by atoms with E-state index < -0.39 is 0 Å². The maximum atomic E-state index is 8.77. The highest BCUT2D eigenvalue weighted by atomic mass is 16.5. The fourth-order valence-electron chi connectivity index (χ4n) is 3.55. The van der Waals surface area contributed by atoms with Crippen LogP contribution in [0.2, 0.25) is 0 Å². The van der Waals surface area contributed by atoms with E-state index >= 15 is 0 Å². The molecule has 18 heavy (non-hydrogen) atoms. The quantitative estimate of drug-likeness (QED) is 0.819. The van der Waals surface area contributed by atoms with Gasteiger partial charge in [0.15, 0.2) is 0 Å². The molecule has 2 rings (SSSR count). The van der Waals surface area contributed by atoms with E-state index in [-0.39, 0.29) is 6.61 Å². The van der Waals surface area contributed by atoms with Crippen LogP contribution in [0.1, 0.15) is 51.9 Å². The van der Waals surface area contributed by atoms with E-state index in [9.17, 15) is 0 Å². The first-order valence-electron chi connectivity index (χ1n) is 7.80. The summed E-state index contributed by atoms with van der Waals surface area (Å²) in [5.41, 5.74) is 0. The fourth-order valence-corrected chi connectivity index (χ4v) is 3.55. The van der Waals surface area contributed by atoms with Gasteiger partial charge in [0, 0.05) is 19.1 Å². The van der Waals surface area contributed by atoms with Crippen molar-refractivity contribution < 1.29 is 9.84 Å². The molecule has 0 spiro atoms. The molecule has 2 fully saturated rings. The van der Waals surface area contributed by atoms with E-state index in [1.54, 1.807) is 0 Å². The van der Waals surface area contributed by atoms with E-state index in [2.05, 4.69) is 11.8 Å². The summed E-state index contributed by atoms with van der Waals surface area (Å²) in [6, 6.07) is 0.839. The summed E-state index contributed by atoms with van der Waals surface area (Å²) >= 11 is 0. The number of nitrogens with zero attached hydrogens (tertiary/aromatic N) is 1. The average molecular weight is 255 g/mol. The summed E-state index contributed by atoms with van der Waals surface area (Å²) in [4.78, 5) is 2.69. The maximum Gasteiger partial charge on any atom is 0.0701 e. The molecular weight excluding hydrogens is 226 g/mol. The van der Waals surface area contributed by atoms with Crippen LogP contribution in [-0.2, 0) is 4.74 Å². The first-order valence-corrected chi connectivity index (χ1v) is 7.80. The molecule has 0 radical (unpaired) electrons. The zero-order chi connectivity index (χ0) is 12.8. The molecule has 106 valence electrons. The second-order valence-electron chi connectivity index (χ2n) is 5.91. The van der Waals surface area contributed by atoms with Crippen molar-refractivity contribution in [3.8, 4) is 0 Å². The number of hydrogen-bond acceptors (Lipinski definition) is 3. The second-order valence-corrected chi connectivity index (χ2v) is 5.91. The van der Waals surface area contributed by atoms with Crippen LogP contribution in [-0.4, -0.2) is 48.5 Å². The van der Waals surface area contributed by atoms with E-state index in [0.717, 1.165) is 24.8 Å². The van der Waals surface area contributed by atoms with Crippen molar-refractivity contribution in [2.75, 3.05) is 26.3 Å². The van der Waals surface area contributed by atoms with E-state index in [0.29, 0.717) is 12.7 Å². The lowest BCUT2D eigenvalue weighted by Crippen LogP contribution is -2.44. The molecule has 1 N–H and O–H groups in total. The molecule has 0 aromatic heterocycles. The van der Waals surface area contributed by atoms with Crippen LogP contribution in [0.5, 0.6) is 0 Å². The molecule has 1 aliphatic heterocycles. The summed E-state index contributed by atoms with van der Waals surface area (Å²) < 4.78 is 5.63. The van der Waals surface area contributed by atoms with Crippen LogP contribution in [0.4, 0.5) is 0 Å². The lowest BCUT2D eigenvalue weighted by Gasteiger charge is -2.40. The zero-order valence-corrected chi connectivity index (χ0v) is 11.8. The first kappa shape index (κ1) is 14.3. The van der Waals surface area contributed by atoms with Crippen molar-refractivity contribution in [3.63, 3.8) is 0 Å². The minimum absolute atomic E-state index is 0.154. The van der Waals surface area contributed by atoms with Crippen LogP contribution in [0, 0.1) is 5.92 Å². The van der Waals surface area contributed by atoms with Crippen LogP contribution in [0.15, 0.2) is 0 Å². The zero-order valence-electron chi connectivity index (χ0n) is 11.8. The first-order chi connectivity index (χ1) is 8.83. The Bertz CT molecular complexity index is 219. The van der Waals surface area contributed by atoms with Crippen molar-refractivity contribution in [1.29, 1.82) is 0 Å². The molecule has 1 saturated heterocycles. The number of rotatable bonds is 5. The van der Waals surface area contributed by atoms with Gasteiger partial charge in [0.1, 0.15) is 0 Å². The van der Waals surface area contributed by atoms with Crippen molar-refractivity contribution in [2.45, 2.75) is 64.0 Å². The second kappa shape index (κ2) is 7.46. The highest BCUT2D eigenvalue weighted by Gasteiger charge is 2.28. The molecule has 0 atom stereocenters. The topological polar surface area (TPSA) is 32.7 Å². The minimum atomic E-state index is 0.154. The maximum absolute atomic E-state index is 8.77. The van der Waals surface area contributed by atoms with Gasteiger partial charge in [-0.3, -0.25) is 0 Å². The summed E-state index contributed by atoms with van der Waals surface area (Å²) in [5, 5.41) is 8.77. The van der Waals surface area contributed by atoms with Gasteiger partial charge in [-0.25, -0.2) is 0 Å². The summed E-state index contributed by atoms with van der Waals surface area (Å²) in [6.07, 6.45) is 9.72. The molecular formula is C15H29NO2. The Balaban J connectivity index is 1.67. The van der Waals surface area contributed by atoms with E-state index in [1.165, 1.54) is 45.2 Å². The monoisotopic (exact) mass is 255 g/mol. The Morgan fingerprint density at radius 2 is 1.72 bits per heavy atom. The Morgan fingerprint density at radius 1 is 1.06 bits per heavy atom. The molecule has 1 saturated carbocycles. The smallest absolute Gasteiger partial charge is 0.0701 e. The number of piperidine rings is 1. The predicted octanol–water partition coefficient (Wildman–Crippen LogP) is 2.43. The van der Waals surface area contributed by atoms with Gasteiger partial charge < -0.3 is 14.7 Å². The Morgan fingerprint density at radius 3 is 2.28 bits per heavy atom. The lowest BCUT2D eigenvalue weighted by molar-refractivity contribution is -0.0196. The Labute approximate surface area is 112 Å². The lowest BCUT2D eigenvalue weighted by atomic mass is 9.83. The van der Waals surface area contributed by atoms with Crippen molar-refractivity contribution >= 4 is 0 Å². The van der Waals surface area contributed by atoms with E-state index in [4.69, 9.17) is 9.84 Å². The molecule has 3 heteroatoms. The standard InChI is InChI=1S/C15H29NO2/c1-2-13-3-5-14(6-4-13)16-9-7-15(8-10-16)18-12-11-17/h13-15,17H,2-12H2,1H3. The SMILES string of the molecule is CCC1CCC(N2CCC(OCCO)CC2)CC1. The molecule has 0 aromatic rings. The molecule has 1 heterocycles.